The van der Waals surface area contributed by atoms with Crippen molar-refractivity contribution in [3.8, 4) is 5.75 Å². The van der Waals surface area contributed by atoms with Crippen LogP contribution in [0.1, 0.15) is 6.92 Å². The van der Waals surface area contributed by atoms with Crippen molar-refractivity contribution in [2.75, 3.05) is 11.1 Å². The fraction of sp³-hybridized carbons (Fsp3) is 0.133. The highest BCUT2D eigenvalue weighted by molar-refractivity contribution is 6.39. The Morgan fingerprint density at radius 1 is 1.18 bits per heavy atom. The molecule has 0 bridgehead atoms. The van der Waals surface area contributed by atoms with Gasteiger partial charge < -0.3 is 15.8 Å². The molecule has 0 saturated heterocycles. The molecule has 0 heterocycles. The molecule has 22 heavy (non-hydrogen) atoms. The van der Waals surface area contributed by atoms with Gasteiger partial charge in [0.1, 0.15) is 5.75 Å². The van der Waals surface area contributed by atoms with Gasteiger partial charge in [0.05, 0.1) is 15.7 Å². The molecular weight excluding hydrogens is 347 g/mol. The van der Waals surface area contributed by atoms with Crippen LogP contribution in [-0.2, 0) is 4.79 Å². The Morgan fingerprint density at radius 2 is 1.82 bits per heavy atom. The molecule has 0 aliphatic heterocycles. The van der Waals surface area contributed by atoms with Crippen molar-refractivity contribution < 1.29 is 9.53 Å². The SMILES string of the molecule is CC(Oc1cccc(Cl)c1)C(=O)Nc1cc(Cl)c(N)c(Cl)c1. The van der Waals surface area contributed by atoms with Crippen LogP contribution in [0.25, 0.3) is 0 Å². The molecule has 7 heteroatoms. The largest absolute Gasteiger partial charge is 0.481 e. The summed E-state index contributed by atoms with van der Waals surface area (Å²) in [5.41, 5.74) is 6.35. The molecule has 3 N–H and O–H groups in total. The standard InChI is InChI=1S/C15H13Cl3N2O2/c1-8(22-11-4-2-3-9(16)5-11)15(21)20-10-6-12(17)14(19)13(18)7-10/h2-8H,19H2,1H3,(H,20,21). The quantitative estimate of drug-likeness (QED) is 0.782. The second kappa shape index (κ2) is 7.09. The third kappa shape index (κ3) is 4.19. The molecule has 1 unspecified atom stereocenters. The maximum atomic E-state index is 12.1. The fourth-order valence-corrected chi connectivity index (χ4v) is 2.37. The summed E-state index contributed by atoms with van der Waals surface area (Å²) in [7, 11) is 0. The Kier molecular flexibility index (Phi) is 5.40. The summed E-state index contributed by atoms with van der Waals surface area (Å²) in [5.74, 6) is 0.153. The van der Waals surface area contributed by atoms with Crippen molar-refractivity contribution in [1.29, 1.82) is 0 Å². The molecule has 116 valence electrons. The Labute approximate surface area is 143 Å². The zero-order valence-corrected chi connectivity index (χ0v) is 13.8. The second-order valence-corrected chi connectivity index (χ2v) is 5.81. The summed E-state index contributed by atoms with van der Waals surface area (Å²) in [5, 5.41) is 3.73. The molecule has 0 radical (unpaired) electrons. The minimum Gasteiger partial charge on any atom is -0.481 e. The normalized spacial score (nSPS) is 11.8. The van der Waals surface area contributed by atoms with Gasteiger partial charge in [-0.25, -0.2) is 0 Å². The maximum absolute atomic E-state index is 12.1. The maximum Gasteiger partial charge on any atom is 0.265 e. The minimum absolute atomic E-state index is 0.268. The van der Waals surface area contributed by atoms with E-state index in [1.54, 1.807) is 31.2 Å². The van der Waals surface area contributed by atoms with E-state index in [0.717, 1.165) is 0 Å². The van der Waals surface area contributed by atoms with Crippen LogP contribution in [0.3, 0.4) is 0 Å². The van der Waals surface area contributed by atoms with Gasteiger partial charge in [-0.2, -0.15) is 0 Å². The average Bonchev–Trinajstić information content (AvgIpc) is 2.44. The summed E-state index contributed by atoms with van der Waals surface area (Å²) >= 11 is 17.7. The number of ether oxygens (including phenoxy) is 1. The number of benzene rings is 2. The fourth-order valence-electron chi connectivity index (χ4n) is 1.70. The van der Waals surface area contributed by atoms with E-state index in [2.05, 4.69) is 5.32 Å². The molecule has 2 aromatic rings. The van der Waals surface area contributed by atoms with E-state index in [0.29, 0.717) is 16.5 Å². The predicted octanol–water partition coefficient (Wildman–Crippen LogP) is 4.64. The highest BCUT2D eigenvalue weighted by Gasteiger charge is 2.16. The van der Waals surface area contributed by atoms with Crippen LogP contribution >= 0.6 is 34.8 Å². The number of nitrogens with two attached hydrogens (primary N) is 1. The van der Waals surface area contributed by atoms with Crippen molar-refractivity contribution in [1.82, 2.24) is 0 Å². The summed E-state index contributed by atoms with van der Waals surface area (Å²) in [6.07, 6.45) is -0.728. The zero-order valence-electron chi connectivity index (χ0n) is 11.6. The second-order valence-electron chi connectivity index (χ2n) is 4.56. The van der Waals surface area contributed by atoms with E-state index in [-0.39, 0.29) is 21.6 Å². The summed E-state index contributed by atoms with van der Waals surface area (Å²) in [6, 6.07) is 9.84. The number of carbonyl (C=O) groups excluding carboxylic acids is 1. The van der Waals surface area contributed by atoms with Gasteiger partial charge in [0.25, 0.3) is 5.91 Å². The monoisotopic (exact) mass is 358 g/mol. The molecular formula is C15H13Cl3N2O2. The van der Waals surface area contributed by atoms with Gasteiger partial charge >= 0.3 is 0 Å². The molecule has 0 aliphatic rings. The minimum atomic E-state index is -0.728. The number of hydrogen-bond acceptors (Lipinski definition) is 3. The summed E-state index contributed by atoms with van der Waals surface area (Å²) in [6.45, 7) is 1.62. The number of amides is 1. The lowest BCUT2D eigenvalue weighted by Crippen LogP contribution is -2.30. The Morgan fingerprint density at radius 3 is 2.41 bits per heavy atom. The number of rotatable bonds is 4. The molecule has 1 amide bonds. The predicted molar refractivity (Wildman–Crippen MR) is 91.0 cm³/mol. The number of nitrogen functional groups attached to an aromatic ring is 1. The lowest BCUT2D eigenvalue weighted by Gasteiger charge is -2.15. The summed E-state index contributed by atoms with van der Waals surface area (Å²) in [4.78, 5) is 12.1. The van der Waals surface area contributed by atoms with Gasteiger partial charge in [-0.3, -0.25) is 4.79 Å². The highest BCUT2D eigenvalue weighted by Crippen LogP contribution is 2.31. The molecule has 2 rings (SSSR count). The van der Waals surface area contributed by atoms with E-state index < -0.39 is 6.10 Å². The first-order valence-electron chi connectivity index (χ1n) is 6.34. The molecule has 4 nitrogen and oxygen atoms in total. The van der Waals surface area contributed by atoms with Crippen LogP contribution in [0, 0.1) is 0 Å². The first kappa shape index (κ1) is 16.7. The number of nitrogens with one attached hydrogen (secondary N) is 1. The van der Waals surface area contributed by atoms with E-state index in [4.69, 9.17) is 45.3 Å². The zero-order chi connectivity index (χ0) is 16.3. The van der Waals surface area contributed by atoms with Gasteiger partial charge in [0, 0.05) is 10.7 Å². The molecule has 0 saturated carbocycles. The van der Waals surface area contributed by atoms with Crippen LogP contribution in [0.5, 0.6) is 5.75 Å². The first-order valence-corrected chi connectivity index (χ1v) is 7.48. The van der Waals surface area contributed by atoms with Crippen molar-refractivity contribution in [3.63, 3.8) is 0 Å². The van der Waals surface area contributed by atoms with Gasteiger partial charge in [-0.1, -0.05) is 40.9 Å². The lowest BCUT2D eigenvalue weighted by atomic mass is 10.2. The van der Waals surface area contributed by atoms with Gasteiger partial charge in [-0.15, -0.1) is 0 Å². The van der Waals surface area contributed by atoms with Crippen molar-refractivity contribution in [3.05, 3.63) is 51.5 Å². The van der Waals surface area contributed by atoms with E-state index in [1.165, 1.54) is 12.1 Å². The molecule has 0 spiro atoms. The Bertz CT molecular complexity index is 684. The summed E-state index contributed by atoms with van der Waals surface area (Å²) < 4.78 is 5.53. The highest BCUT2D eigenvalue weighted by atomic mass is 35.5. The van der Waals surface area contributed by atoms with E-state index in [1.807, 2.05) is 0 Å². The number of carbonyl (C=O) groups is 1. The van der Waals surface area contributed by atoms with Crippen LogP contribution in [0.2, 0.25) is 15.1 Å². The van der Waals surface area contributed by atoms with E-state index >= 15 is 0 Å². The van der Waals surface area contributed by atoms with Crippen LogP contribution in [-0.4, -0.2) is 12.0 Å². The third-order valence-corrected chi connectivity index (χ3v) is 3.69. The van der Waals surface area contributed by atoms with Crippen LogP contribution in [0.15, 0.2) is 36.4 Å². The number of hydrogen-bond donors (Lipinski definition) is 2. The molecule has 2 aromatic carbocycles. The van der Waals surface area contributed by atoms with Gasteiger partial charge in [-0.05, 0) is 37.3 Å². The topological polar surface area (TPSA) is 64.3 Å². The molecule has 0 fully saturated rings. The van der Waals surface area contributed by atoms with Crippen LogP contribution in [0.4, 0.5) is 11.4 Å². The average molecular weight is 360 g/mol. The van der Waals surface area contributed by atoms with Crippen molar-refractivity contribution >= 4 is 52.1 Å². The number of halogens is 3. The molecule has 0 aliphatic carbocycles. The van der Waals surface area contributed by atoms with Crippen LogP contribution < -0.4 is 15.8 Å². The van der Waals surface area contributed by atoms with Gasteiger partial charge in [0.2, 0.25) is 0 Å². The Balaban J connectivity index is 2.05. The molecule has 0 aromatic heterocycles. The van der Waals surface area contributed by atoms with Crippen molar-refractivity contribution in [2.24, 2.45) is 0 Å². The number of anilines is 2. The lowest BCUT2D eigenvalue weighted by molar-refractivity contribution is -0.122. The first-order chi connectivity index (χ1) is 10.4. The Hall–Kier alpha value is -1.62. The molecule has 1 atom stereocenters. The van der Waals surface area contributed by atoms with Crippen molar-refractivity contribution in [2.45, 2.75) is 13.0 Å². The third-order valence-electron chi connectivity index (χ3n) is 2.82. The van der Waals surface area contributed by atoms with E-state index in [9.17, 15) is 4.79 Å². The van der Waals surface area contributed by atoms with Gasteiger partial charge in [0.15, 0.2) is 6.10 Å². The smallest absolute Gasteiger partial charge is 0.265 e.